The molecule has 1 amide bonds. The molecule has 214 valence electrons. The van der Waals surface area contributed by atoms with Gasteiger partial charge in [0.05, 0.1) is 24.8 Å². The lowest BCUT2D eigenvalue weighted by atomic mass is 9.94. The van der Waals surface area contributed by atoms with Crippen molar-refractivity contribution in [3.63, 3.8) is 0 Å². The molecule has 2 aliphatic heterocycles. The topological polar surface area (TPSA) is 94.5 Å². The van der Waals surface area contributed by atoms with Crippen LogP contribution in [-0.4, -0.2) is 48.1 Å². The zero-order valence-corrected chi connectivity index (χ0v) is 23.6. The van der Waals surface area contributed by atoms with Crippen LogP contribution in [0.1, 0.15) is 49.9 Å². The molecule has 8 heteroatoms. The van der Waals surface area contributed by atoms with Crippen LogP contribution in [0.15, 0.2) is 72.3 Å². The van der Waals surface area contributed by atoms with E-state index in [1.54, 1.807) is 30.3 Å². The Morgan fingerprint density at radius 3 is 2.44 bits per heavy atom. The van der Waals surface area contributed by atoms with Crippen molar-refractivity contribution >= 4 is 17.4 Å². The predicted molar refractivity (Wildman–Crippen MR) is 154 cm³/mol. The minimum absolute atomic E-state index is 0.00136. The zero-order valence-electron chi connectivity index (χ0n) is 23.6. The second-order valence-corrected chi connectivity index (χ2v) is 10.4. The molecule has 0 saturated carbocycles. The number of aliphatic hydroxyl groups excluding tert-OH is 1. The van der Waals surface area contributed by atoms with E-state index in [2.05, 4.69) is 13.8 Å². The van der Waals surface area contributed by atoms with E-state index in [1.807, 2.05) is 43.3 Å². The fraction of sp³-hybridized carbons (Fsp3) is 0.333. The van der Waals surface area contributed by atoms with E-state index in [0.29, 0.717) is 66.5 Å². The first-order valence-electron chi connectivity index (χ1n) is 14.0. The van der Waals surface area contributed by atoms with Crippen LogP contribution in [0.3, 0.4) is 0 Å². The number of nitrogens with zero attached hydrogens (tertiary/aromatic N) is 1. The van der Waals surface area contributed by atoms with Crippen LogP contribution < -0.4 is 18.9 Å². The smallest absolute Gasteiger partial charge is 0.295 e. The normalized spacial score (nSPS) is 17.7. The van der Waals surface area contributed by atoms with Crippen molar-refractivity contribution in [3.8, 4) is 23.0 Å². The van der Waals surface area contributed by atoms with Gasteiger partial charge in [0, 0.05) is 12.1 Å². The maximum atomic E-state index is 13.6. The molecule has 41 heavy (non-hydrogen) atoms. The number of ketones is 1. The Morgan fingerprint density at radius 1 is 0.951 bits per heavy atom. The third-order valence-electron chi connectivity index (χ3n) is 7.09. The highest BCUT2D eigenvalue weighted by Gasteiger charge is 2.46. The average molecular weight is 558 g/mol. The van der Waals surface area contributed by atoms with E-state index < -0.39 is 17.7 Å². The average Bonchev–Trinajstić information content (AvgIpc) is 3.22. The second-order valence-electron chi connectivity index (χ2n) is 10.4. The number of benzene rings is 3. The van der Waals surface area contributed by atoms with Crippen molar-refractivity contribution in [2.45, 2.75) is 39.8 Å². The summed E-state index contributed by atoms with van der Waals surface area (Å²) in [4.78, 5) is 28.5. The highest BCUT2D eigenvalue weighted by atomic mass is 16.6. The Hall–Kier alpha value is -4.46. The monoisotopic (exact) mass is 557 g/mol. The van der Waals surface area contributed by atoms with Crippen molar-refractivity contribution < 1.29 is 33.6 Å². The molecule has 1 N–H and O–H groups in total. The lowest BCUT2D eigenvalue weighted by Crippen LogP contribution is -2.29. The van der Waals surface area contributed by atoms with Crippen LogP contribution in [0.25, 0.3) is 5.76 Å². The fourth-order valence-electron chi connectivity index (χ4n) is 5.00. The number of hydrogen-bond acceptors (Lipinski definition) is 7. The molecule has 3 aromatic carbocycles. The molecule has 0 unspecified atom stereocenters. The van der Waals surface area contributed by atoms with Gasteiger partial charge in [-0.15, -0.1) is 0 Å². The standard InChI is InChI=1S/C33H35NO7/c1-4-38-27-18-23(10-12-25(27)39-15-14-21(2)3)30-29(31(35)24-11-13-26-28(19-24)41-17-16-40-26)32(36)33(37)34(30)20-22-8-6-5-7-9-22/h5-13,18-19,21,30,35H,4,14-17,20H2,1-3H3/b31-29+/t30-/m1/s1. The molecule has 0 radical (unpaired) electrons. The molecular formula is C33H35NO7. The summed E-state index contributed by atoms with van der Waals surface area (Å²) in [5.74, 6) is 0.891. The molecule has 1 fully saturated rings. The largest absolute Gasteiger partial charge is 0.507 e. The summed E-state index contributed by atoms with van der Waals surface area (Å²) in [6.45, 7) is 8.09. The lowest BCUT2D eigenvalue weighted by molar-refractivity contribution is -0.140. The quantitative estimate of drug-likeness (QED) is 0.188. The molecule has 1 atom stereocenters. The van der Waals surface area contributed by atoms with Gasteiger partial charge in [-0.25, -0.2) is 0 Å². The van der Waals surface area contributed by atoms with Gasteiger partial charge < -0.3 is 29.0 Å². The molecule has 0 aromatic heterocycles. The number of hydrogen-bond donors (Lipinski definition) is 1. The number of rotatable bonds is 10. The molecule has 5 rings (SSSR count). The number of aliphatic hydroxyl groups is 1. The molecular weight excluding hydrogens is 522 g/mol. The number of ether oxygens (including phenoxy) is 4. The summed E-state index contributed by atoms with van der Waals surface area (Å²) in [6, 6.07) is 19.0. The van der Waals surface area contributed by atoms with Crippen LogP contribution in [0.5, 0.6) is 23.0 Å². The Kier molecular flexibility index (Phi) is 8.47. The molecule has 3 aromatic rings. The van der Waals surface area contributed by atoms with Crippen LogP contribution in [-0.2, 0) is 16.1 Å². The van der Waals surface area contributed by atoms with E-state index in [1.165, 1.54) is 4.90 Å². The van der Waals surface area contributed by atoms with Gasteiger partial charge in [0.15, 0.2) is 23.0 Å². The van der Waals surface area contributed by atoms with Crippen molar-refractivity contribution in [3.05, 3.63) is 89.0 Å². The van der Waals surface area contributed by atoms with Gasteiger partial charge in [0.1, 0.15) is 19.0 Å². The van der Waals surface area contributed by atoms with Crippen molar-refractivity contribution in [1.82, 2.24) is 4.90 Å². The Bertz CT molecular complexity index is 1450. The van der Waals surface area contributed by atoms with Crippen LogP contribution >= 0.6 is 0 Å². The highest BCUT2D eigenvalue weighted by Crippen LogP contribution is 2.43. The predicted octanol–water partition coefficient (Wildman–Crippen LogP) is 5.90. The maximum Gasteiger partial charge on any atom is 0.295 e. The minimum Gasteiger partial charge on any atom is -0.507 e. The molecule has 0 bridgehead atoms. The van der Waals surface area contributed by atoms with Gasteiger partial charge in [-0.2, -0.15) is 0 Å². The second kappa shape index (κ2) is 12.4. The molecule has 2 aliphatic rings. The van der Waals surface area contributed by atoms with E-state index >= 15 is 0 Å². The first-order valence-corrected chi connectivity index (χ1v) is 14.0. The van der Waals surface area contributed by atoms with Crippen LogP contribution in [0.4, 0.5) is 0 Å². The van der Waals surface area contributed by atoms with Crippen LogP contribution in [0.2, 0.25) is 0 Å². The highest BCUT2D eigenvalue weighted by molar-refractivity contribution is 6.46. The zero-order chi connectivity index (χ0) is 28.9. The minimum atomic E-state index is -0.854. The maximum absolute atomic E-state index is 13.6. The first kappa shape index (κ1) is 28.1. The van der Waals surface area contributed by atoms with Gasteiger partial charge in [0.25, 0.3) is 11.7 Å². The van der Waals surface area contributed by atoms with E-state index in [-0.39, 0.29) is 17.9 Å². The van der Waals surface area contributed by atoms with Gasteiger partial charge >= 0.3 is 0 Å². The summed E-state index contributed by atoms with van der Waals surface area (Å²) >= 11 is 0. The van der Waals surface area contributed by atoms with Gasteiger partial charge in [-0.1, -0.05) is 50.2 Å². The Labute approximate surface area is 240 Å². The summed E-state index contributed by atoms with van der Waals surface area (Å²) < 4.78 is 23.2. The molecule has 1 saturated heterocycles. The van der Waals surface area contributed by atoms with Gasteiger partial charge in [-0.3, -0.25) is 9.59 Å². The van der Waals surface area contributed by atoms with Crippen molar-refractivity contribution in [2.75, 3.05) is 26.4 Å². The summed E-state index contributed by atoms with van der Waals surface area (Å²) in [5, 5.41) is 11.5. The number of likely N-dealkylation sites (tertiary alicyclic amines) is 1. The number of Topliss-reactive ketones (excluding diaryl/α,β-unsaturated/α-hetero) is 1. The van der Waals surface area contributed by atoms with Crippen LogP contribution in [0, 0.1) is 5.92 Å². The lowest BCUT2D eigenvalue weighted by Gasteiger charge is -2.26. The first-order chi connectivity index (χ1) is 19.9. The molecule has 0 aliphatic carbocycles. The summed E-state index contributed by atoms with van der Waals surface area (Å²) in [6.07, 6.45) is 0.889. The van der Waals surface area contributed by atoms with Gasteiger partial charge in [0.2, 0.25) is 0 Å². The fourth-order valence-corrected chi connectivity index (χ4v) is 5.00. The Morgan fingerprint density at radius 2 is 1.71 bits per heavy atom. The molecule has 0 spiro atoms. The third kappa shape index (κ3) is 6.01. The number of carbonyl (C=O) groups excluding carboxylic acids is 2. The number of fused-ring (bicyclic) bond motifs is 1. The third-order valence-corrected chi connectivity index (χ3v) is 7.09. The van der Waals surface area contributed by atoms with E-state index in [9.17, 15) is 14.7 Å². The molecule has 8 nitrogen and oxygen atoms in total. The summed E-state index contributed by atoms with van der Waals surface area (Å²) in [5.41, 5.74) is 1.84. The van der Waals surface area contributed by atoms with E-state index in [4.69, 9.17) is 18.9 Å². The van der Waals surface area contributed by atoms with Crippen molar-refractivity contribution in [2.24, 2.45) is 5.92 Å². The van der Waals surface area contributed by atoms with E-state index in [0.717, 1.165) is 12.0 Å². The molecule has 2 heterocycles. The van der Waals surface area contributed by atoms with Gasteiger partial charge in [-0.05, 0) is 60.7 Å². The number of amides is 1. The van der Waals surface area contributed by atoms with Crippen molar-refractivity contribution in [1.29, 1.82) is 0 Å². The Balaban J connectivity index is 1.60. The SMILES string of the molecule is CCOc1cc([C@@H]2/C(=C(\O)c3ccc4c(c3)OCCO4)C(=O)C(=O)N2Cc2ccccc2)ccc1OCCC(C)C. The summed E-state index contributed by atoms with van der Waals surface area (Å²) in [7, 11) is 0. The number of carbonyl (C=O) groups is 2.